The monoisotopic (exact) mass is 350 g/mol. The topological polar surface area (TPSA) is 37.2 Å². The summed E-state index contributed by atoms with van der Waals surface area (Å²) in [5.74, 6) is 0. The number of nitrogens with zero attached hydrogens (tertiary/aromatic N) is 1. The molecule has 0 aliphatic heterocycles. The minimum absolute atomic E-state index is 0.106. The molecule has 1 aromatic heterocycles. The van der Waals surface area contributed by atoms with Crippen molar-refractivity contribution in [2.75, 3.05) is 5.48 Å². The molecule has 0 spiro atoms. The van der Waals surface area contributed by atoms with Crippen molar-refractivity contribution in [3.63, 3.8) is 0 Å². The van der Waals surface area contributed by atoms with Crippen molar-refractivity contribution in [2.45, 2.75) is 4.90 Å². The molecule has 0 atom stereocenters. The number of fused-ring (bicyclic) bond motifs is 1. The maximum Gasteiger partial charge on any atom is 0.310 e. The molecule has 0 unspecified atom stereocenters. The number of halogens is 5. The van der Waals surface area contributed by atoms with Crippen LogP contribution in [0, 0.1) is 0 Å². The van der Waals surface area contributed by atoms with Crippen molar-refractivity contribution in [3.05, 3.63) is 54.9 Å². The zero-order valence-electron chi connectivity index (χ0n) is 11.4. The van der Waals surface area contributed by atoms with Crippen LogP contribution in [0.15, 0.2) is 59.8 Å². The SMILES string of the molecule is ONc1cc(S(F)(F)(F)(F)F)ccc1-n1cc2ccccc2c1. The van der Waals surface area contributed by atoms with Gasteiger partial charge >= 0.3 is 10.2 Å². The van der Waals surface area contributed by atoms with E-state index in [0.717, 1.165) is 16.8 Å². The van der Waals surface area contributed by atoms with E-state index < -0.39 is 20.8 Å². The van der Waals surface area contributed by atoms with E-state index in [2.05, 4.69) is 0 Å². The summed E-state index contributed by atoms with van der Waals surface area (Å²) in [6.45, 7) is 0. The lowest BCUT2D eigenvalue weighted by Gasteiger charge is -2.40. The minimum atomic E-state index is -9.81. The van der Waals surface area contributed by atoms with Gasteiger partial charge in [0.25, 0.3) is 0 Å². The largest absolute Gasteiger partial charge is 0.321 e. The standard InChI is InChI=1S/C14H11F5N2OS/c15-23(16,17,18,19)12-5-6-14(13(7-12)20-22)21-8-10-3-1-2-4-11(10)9-21/h1-9,20,22H. The van der Waals surface area contributed by atoms with Crippen LogP contribution in [0.4, 0.5) is 25.1 Å². The number of hydrogen-bond donors (Lipinski definition) is 2. The lowest BCUT2D eigenvalue weighted by atomic mass is 10.2. The maximum atomic E-state index is 12.8. The van der Waals surface area contributed by atoms with Crippen molar-refractivity contribution in [1.29, 1.82) is 0 Å². The average molecular weight is 350 g/mol. The van der Waals surface area contributed by atoms with Gasteiger partial charge in [0.05, 0.1) is 11.4 Å². The smallest absolute Gasteiger partial charge is 0.310 e. The molecule has 0 aliphatic carbocycles. The Bertz CT molecular complexity index is 872. The second-order valence-electron chi connectivity index (χ2n) is 5.05. The molecule has 3 nitrogen and oxygen atoms in total. The average Bonchev–Trinajstić information content (AvgIpc) is 2.87. The number of benzene rings is 2. The predicted molar refractivity (Wildman–Crippen MR) is 80.1 cm³/mol. The fourth-order valence-electron chi connectivity index (χ4n) is 2.29. The van der Waals surface area contributed by atoms with Crippen molar-refractivity contribution in [3.8, 4) is 5.69 Å². The molecular weight excluding hydrogens is 339 g/mol. The Hall–Kier alpha value is -2.26. The summed E-state index contributed by atoms with van der Waals surface area (Å²) in [7, 11) is -9.81. The van der Waals surface area contributed by atoms with Gasteiger partial charge in [-0.15, -0.1) is 0 Å². The summed E-state index contributed by atoms with van der Waals surface area (Å²) in [5, 5.41) is 10.7. The molecule has 0 bridgehead atoms. The van der Waals surface area contributed by atoms with Gasteiger partial charge in [0, 0.05) is 12.4 Å². The van der Waals surface area contributed by atoms with Crippen molar-refractivity contribution in [2.24, 2.45) is 0 Å². The number of nitrogens with one attached hydrogen (secondary N) is 1. The van der Waals surface area contributed by atoms with E-state index in [1.54, 1.807) is 42.1 Å². The van der Waals surface area contributed by atoms with Gasteiger partial charge in [-0.2, -0.15) is 0 Å². The highest BCUT2D eigenvalue weighted by Gasteiger charge is 2.65. The van der Waals surface area contributed by atoms with Crippen LogP contribution in [0.1, 0.15) is 0 Å². The Kier molecular flexibility index (Phi) is 2.84. The molecule has 0 saturated heterocycles. The van der Waals surface area contributed by atoms with Gasteiger partial charge in [0.1, 0.15) is 4.90 Å². The lowest BCUT2D eigenvalue weighted by molar-refractivity contribution is 0.363. The highest BCUT2D eigenvalue weighted by atomic mass is 32.5. The summed E-state index contributed by atoms with van der Waals surface area (Å²) >= 11 is 0. The minimum Gasteiger partial charge on any atom is -0.321 e. The van der Waals surface area contributed by atoms with Crippen LogP contribution in [0.25, 0.3) is 16.5 Å². The Labute approximate surface area is 127 Å². The molecule has 0 radical (unpaired) electrons. The van der Waals surface area contributed by atoms with Gasteiger partial charge in [0.2, 0.25) is 0 Å². The summed E-state index contributed by atoms with van der Waals surface area (Å²) < 4.78 is 65.7. The summed E-state index contributed by atoms with van der Waals surface area (Å²) in [6, 6.07) is 8.54. The predicted octanol–water partition coefficient (Wildman–Crippen LogP) is 6.09. The number of anilines is 1. The van der Waals surface area contributed by atoms with Gasteiger partial charge in [0.15, 0.2) is 0 Å². The zero-order valence-corrected chi connectivity index (χ0v) is 12.2. The van der Waals surface area contributed by atoms with E-state index in [1.807, 2.05) is 0 Å². The van der Waals surface area contributed by atoms with Gasteiger partial charge in [-0.25, -0.2) is 0 Å². The Morgan fingerprint density at radius 1 is 0.870 bits per heavy atom. The van der Waals surface area contributed by atoms with Crippen LogP contribution in [0.3, 0.4) is 0 Å². The van der Waals surface area contributed by atoms with Crippen LogP contribution >= 0.6 is 10.2 Å². The van der Waals surface area contributed by atoms with Crippen LogP contribution in [0.2, 0.25) is 0 Å². The van der Waals surface area contributed by atoms with Gasteiger partial charge in [-0.1, -0.05) is 43.7 Å². The molecule has 23 heavy (non-hydrogen) atoms. The molecule has 1 heterocycles. The summed E-state index contributed by atoms with van der Waals surface area (Å²) in [4.78, 5) is -2.07. The number of rotatable bonds is 3. The highest BCUT2D eigenvalue weighted by Crippen LogP contribution is 3.02. The molecule has 0 amide bonds. The molecule has 2 aromatic carbocycles. The van der Waals surface area contributed by atoms with E-state index in [9.17, 15) is 19.4 Å². The van der Waals surface area contributed by atoms with E-state index >= 15 is 0 Å². The fourth-order valence-corrected chi connectivity index (χ4v) is 2.96. The summed E-state index contributed by atoms with van der Waals surface area (Å²) in [6.07, 6.45) is 3.23. The summed E-state index contributed by atoms with van der Waals surface area (Å²) in [5.41, 5.74) is 1.18. The van der Waals surface area contributed by atoms with Crippen molar-refractivity contribution < 1.29 is 24.6 Å². The van der Waals surface area contributed by atoms with Crippen LogP contribution < -0.4 is 5.48 Å². The normalized spacial score (nSPS) is 15.2. The van der Waals surface area contributed by atoms with E-state index in [1.165, 1.54) is 4.57 Å². The molecule has 0 aliphatic rings. The Morgan fingerprint density at radius 3 is 1.91 bits per heavy atom. The molecule has 0 fully saturated rings. The third kappa shape index (κ3) is 2.97. The quantitative estimate of drug-likeness (QED) is 0.443. The third-order valence-corrected chi connectivity index (χ3v) is 4.51. The van der Waals surface area contributed by atoms with E-state index in [4.69, 9.17) is 5.21 Å². The first kappa shape index (κ1) is 15.6. The first-order valence-electron chi connectivity index (χ1n) is 6.33. The Balaban J connectivity index is 2.18. The van der Waals surface area contributed by atoms with Gasteiger partial charge in [-0.05, 0) is 29.0 Å². The zero-order chi connectivity index (χ0) is 16.9. The molecule has 3 aromatic rings. The molecule has 124 valence electrons. The van der Waals surface area contributed by atoms with Crippen LogP contribution in [-0.2, 0) is 0 Å². The lowest BCUT2D eigenvalue weighted by Crippen LogP contribution is -2.08. The Morgan fingerprint density at radius 2 is 1.43 bits per heavy atom. The van der Waals surface area contributed by atoms with Gasteiger partial charge in [-0.3, -0.25) is 10.7 Å². The first-order chi connectivity index (χ1) is 10.5. The van der Waals surface area contributed by atoms with Crippen molar-refractivity contribution in [1.82, 2.24) is 4.57 Å². The van der Waals surface area contributed by atoms with Crippen LogP contribution in [-0.4, -0.2) is 9.77 Å². The van der Waals surface area contributed by atoms with Gasteiger partial charge < -0.3 is 4.57 Å². The second-order valence-corrected chi connectivity index (χ2v) is 7.46. The maximum absolute atomic E-state index is 12.8. The highest BCUT2D eigenvalue weighted by molar-refractivity contribution is 8.45. The molecule has 0 saturated carbocycles. The third-order valence-electron chi connectivity index (χ3n) is 3.36. The van der Waals surface area contributed by atoms with Crippen LogP contribution in [0.5, 0.6) is 0 Å². The fraction of sp³-hybridized carbons (Fsp3) is 0. The molecule has 9 heteroatoms. The van der Waals surface area contributed by atoms with E-state index in [0.29, 0.717) is 6.07 Å². The number of aromatic nitrogens is 1. The number of hydrogen-bond acceptors (Lipinski definition) is 2. The second kappa shape index (κ2) is 4.18. The van der Waals surface area contributed by atoms with E-state index in [-0.39, 0.29) is 11.8 Å². The van der Waals surface area contributed by atoms with Crippen molar-refractivity contribution >= 4 is 26.7 Å². The molecule has 2 N–H and O–H groups in total. The molecular formula is C14H11F5N2OS. The molecule has 3 rings (SSSR count). The first-order valence-corrected chi connectivity index (χ1v) is 8.28.